The SMILES string of the molecule is COc1cc(/C=C(/C#N)C(=O)Nc2cccc(Cl)c2C)cc(I)c1OCc1cccc(F)c1. The first-order valence-corrected chi connectivity index (χ1v) is 11.2. The number of ether oxygens (including phenoxy) is 2. The van der Waals surface area contributed by atoms with Crippen LogP contribution in [0.25, 0.3) is 6.08 Å². The number of hydrogen-bond donors (Lipinski definition) is 1. The summed E-state index contributed by atoms with van der Waals surface area (Å²) in [5.41, 5.74) is 2.42. The molecule has 3 aromatic carbocycles. The maximum Gasteiger partial charge on any atom is 0.266 e. The molecule has 0 aromatic heterocycles. The summed E-state index contributed by atoms with van der Waals surface area (Å²) in [4.78, 5) is 12.7. The molecule has 3 aromatic rings. The molecule has 5 nitrogen and oxygen atoms in total. The molecule has 0 atom stereocenters. The Labute approximate surface area is 209 Å². The number of halogens is 3. The first kappa shape index (κ1) is 24.6. The minimum Gasteiger partial charge on any atom is -0.493 e. The number of hydrogen-bond acceptors (Lipinski definition) is 4. The van der Waals surface area contributed by atoms with Crippen molar-refractivity contribution in [2.45, 2.75) is 13.5 Å². The van der Waals surface area contributed by atoms with Crippen LogP contribution in [0, 0.1) is 27.6 Å². The summed E-state index contributed by atoms with van der Waals surface area (Å²) < 4.78 is 25.4. The lowest BCUT2D eigenvalue weighted by Gasteiger charge is -2.14. The van der Waals surface area contributed by atoms with Gasteiger partial charge in [0.2, 0.25) is 0 Å². The van der Waals surface area contributed by atoms with Crippen LogP contribution in [0.1, 0.15) is 16.7 Å². The molecule has 0 aliphatic carbocycles. The molecule has 0 radical (unpaired) electrons. The third kappa shape index (κ3) is 6.24. The van der Waals surface area contributed by atoms with Gasteiger partial charge in [0, 0.05) is 10.7 Å². The Morgan fingerprint density at radius 2 is 2.00 bits per heavy atom. The average molecular weight is 577 g/mol. The standard InChI is InChI=1S/C25H19ClFIN2O3/c1-15-20(26)7-4-8-22(15)30-25(31)18(13-29)9-17-11-21(28)24(23(12-17)32-2)33-14-16-5-3-6-19(27)10-16/h3-12H,14H2,1-2H3,(H,30,31)/b18-9-. The predicted octanol–water partition coefficient (Wildman–Crippen LogP) is 6.53. The van der Waals surface area contributed by atoms with E-state index < -0.39 is 5.91 Å². The Morgan fingerprint density at radius 1 is 1.24 bits per heavy atom. The Balaban J connectivity index is 1.84. The average Bonchev–Trinajstić information content (AvgIpc) is 2.79. The highest BCUT2D eigenvalue weighted by Gasteiger charge is 2.15. The lowest BCUT2D eigenvalue weighted by molar-refractivity contribution is -0.112. The lowest BCUT2D eigenvalue weighted by atomic mass is 10.1. The fourth-order valence-corrected chi connectivity index (χ4v) is 3.95. The van der Waals surface area contributed by atoms with E-state index in [9.17, 15) is 14.4 Å². The van der Waals surface area contributed by atoms with E-state index in [4.69, 9.17) is 21.1 Å². The predicted molar refractivity (Wildman–Crippen MR) is 135 cm³/mol. The van der Waals surface area contributed by atoms with Gasteiger partial charge in [-0.15, -0.1) is 0 Å². The molecule has 0 aliphatic heterocycles. The van der Waals surface area contributed by atoms with Gasteiger partial charge in [0.05, 0.1) is 10.7 Å². The van der Waals surface area contributed by atoms with Gasteiger partial charge >= 0.3 is 0 Å². The van der Waals surface area contributed by atoms with Crippen molar-refractivity contribution in [2.75, 3.05) is 12.4 Å². The summed E-state index contributed by atoms with van der Waals surface area (Å²) in [5, 5.41) is 12.8. The largest absolute Gasteiger partial charge is 0.493 e. The van der Waals surface area contributed by atoms with E-state index in [1.54, 1.807) is 49.4 Å². The molecule has 1 N–H and O–H groups in total. The Hall–Kier alpha value is -3.09. The van der Waals surface area contributed by atoms with Gasteiger partial charge in [-0.05, 0) is 88.7 Å². The van der Waals surface area contributed by atoms with E-state index in [-0.39, 0.29) is 18.0 Å². The van der Waals surface area contributed by atoms with E-state index in [0.29, 0.717) is 42.5 Å². The van der Waals surface area contributed by atoms with Gasteiger partial charge in [-0.25, -0.2) is 4.39 Å². The lowest BCUT2D eigenvalue weighted by Crippen LogP contribution is -2.14. The number of carbonyl (C=O) groups is 1. The zero-order chi connectivity index (χ0) is 24.0. The molecule has 0 heterocycles. The number of nitrogens with one attached hydrogen (secondary N) is 1. The highest BCUT2D eigenvalue weighted by molar-refractivity contribution is 14.1. The topological polar surface area (TPSA) is 71.3 Å². The minimum atomic E-state index is -0.553. The summed E-state index contributed by atoms with van der Waals surface area (Å²) in [6.07, 6.45) is 1.47. The van der Waals surface area contributed by atoms with Gasteiger partial charge in [-0.2, -0.15) is 5.26 Å². The second-order valence-corrected chi connectivity index (χ2v) is 8.56. The zero-order valence-electron chi connectivity index (χ0n) is 17.8. The van der Waals surface area contributed by atoms with E-state index >= 15 is 0 Å². The maximum absolute atomic E-state index is 13.4. The molecule has 1 amide bonds. The Morgan fingerprint density at radius 3 is 2.70 bits per heavy atom. The van der Waals surface area contributed by atoms with E-state index in [1.165, 1.54) is 25.3 Å². The molecular formula is C25H19ClFIN2O3. The van der Waals surface area contributed by atoms with Crippen molar-refractivity contribution in [3.8, 4) is 17.6 Å². The van der Waals surface area contributed by atoms with Crippen LogP contribution in [0.5, 0.6) is 11.5 Å². The van der Waals surface area contributed by atoms with Crippen LogP contribution in [-0.4, -0.2) is 13.0 Å². The van der Waals surface area contributed by atoms with Crippen molar-refractivity contribution in [1.82, 2.24) is 0 Å². The van der Waals surface area contributed by atoms with Crippen molar-refractivity contribution in [3.05, 3.63) is 91.3 Å². The smallest absolute Gasteiger partial charge is 0.266 e. The van der Waals surface area contributed by atoms with Gasteiger partial charge in [-0.3, -0.25) is 4.79 Å². The van der Waals surface area contributed by atoms with Gasteiger partial charge in [-0.1, -0.05) is 29.8 Å². The number of anilines is 1. The second kappa shape index (κ2) is 11.2. The van der Waals surface area contributed by atoms with Crippen molar-refractivity contribution in [1.29, 1.82) is 5.26 Å². The summed E-state index contributed by atoms with van der Waals surface area (Å²) in [6.45, 7) is 1.94. The number of carbonyl (C=O) groups excluding carboxylic acids is 1. The second-order valence-electron chi connectivity index (χ2n) is 6.99. The first-order chi connectivity index (χ1) is 15.8. The molecule has 0 spiro atoms. The van der Waals surface area contributed by atoms with E-state index in [0.717, 1.165) is 0 Å². The van der Waals surface area contributed by atoms with Crippen LogP contribution in [0.3, 0.4) is 0 Å². The molecule has 0 aliphatic rings. The third-order valence-corrected chi connectivity index (χ3v) is 5.93. The van der Waals surface area contributed by atoms with E-state index in [2.05, 4.69) is 27.9 Å². The maximum atomic E-state index is 13.4. The van der Waals surface area contributed by atoms with Crippen molar-refractivity contribution in [3.63, 3.8) is 0 Å². The van der Waals surface area contributed by atoms with Gasteiger partial charge in [0.1, 0.15) is 24.1 Å². The molecule has 0 unspecified atom stereocenters. The summed E-state index contributed by atoms with van der Waals surface area (Å²) in [7, 11) is 1.49. The fourth-order valence-electron chi connectivity index (χ4n) is 2.99. The highest BCUT2D eigenvalue weighted by atomic mass is 127. The Bertz CT molecular complexity index is 1270. The van der Waals surface area contributed by atoms with Gasteiger partial charge < -0.3 is 14.8 Å². The van der Waals surface area contributed by atoms with Crippen molar-refractivity contribution in [2.24, 2.45) is 0 Å². The molecule has 0 saturated heterocycles. The number of benzene rings is 3. The molecule has 3 rings (SSSR count). The Kier molecular flexibility index (Phi) is 8.31. The molecular weight excluding hydrogens is 558 g/mol. The summed E-state index contributed by atoms with van der Waals surface area (Å²) in [6, 6.07) is 16.7. The summed E-state index contributed by atoms with van der Waals surface area (Å²) >= 11 is 8.18. The zero-order valence-corrected chi connectivity index (χ0v) is 20.7. The number of nitriles is 1. The molecule has 168 valence electrons. The fraction of sp³-hybridized carbons (Fsp3) is 0.120. The normalized spacial score (nSPS) is 11.0. The minimum absolute atomic E-state index is 0.0827. The first-order valence-electron chi connectivity index (χ1n) is 9.75. The number of amides is 1. The molecule has 0 bridgehead atoms. The van der Waals surface area contributed by atoms with Crippen LogP contribution < -0.4 is 14.8 Å². The quantitative estimate of drug-likeness (QED) is 0.197. The molecule has 8 heteroatoms. The molecule has 0 saturated carbocycles. The van der Waals surface area contributed by atoms with Crippen LogP contribution in [0.4, 0.5) is 10.1 Å². The van der Waals surface area contributed by atoms with Crippen LogP contribution in [0.15, 0.2) is 60.2 Å². The van der Waals surface area contributed by atoms with Gasteiger partial charge in [0.15, 0.2) is 11.5 Å². The van der Waals surface area contributed by atoms with Crippen molar-refractivity contribution >= 4 is 51.9 Å². The van der Waals surface area contributed by atoms with Gasteiger partial charge in [0.25, 0.3) is 5.91 Å². The monoisotopic (exact) mass is 576 g/mol. The van der Waals surface area contributed by atoms with Crippen LogP contribution in [-0.2, 0) is 11.4 Å². The van der Waals surface area contributed by atoms with E-state index in [1.807, 2.05) is 6.07 Å². The summed E-state index contributed by atoms with van der Waals surface area (Å²) in [5.74, 6) is 0.0155. The number of nitrogens with zero attached hydrogens (tertiary/aromatic N) is 1. The molecule has 0 fully saturated rings. The van der Waals surface area contributed by atoms with Crippen molar-refractivity contribution < 1.29 is 18.7 Å². The highest BCUT2D eigenvalue weighted by Crippen LogP contribution is 2.35. The number of methoxy groups -OCH3 is 1. The molecule has 33 heavy (non-hydrogen) atoms. The number of rotatable bonds is 7. The third-order valence-electron chi connectivity index (χ3n) is 4.72. The van der Waals surface area contributed by atoms with Crippen LogP contribution in [0.2, 0.25) is 5.02 Å². The van der Waals surface area contributed by atoms with Crippen LogP contribution >= 0.6 is 34.2 Å².